The maximum atomic E-state index is 13.8. The molecule has 1 aromatic heterocycles. The molecule has 1 N–H and O–H groups in total. The van der Waals surface area contributed by atoms with Gasteiger partial charge >= 0.3 is 0 Å². The predicted molar refractivity (Wildman–Crippen MR) is 80.2 cm³/mol. The van der Waals surface area contributed by atoms with Gasteiger partial charge in [-0.05, 0) is 18.6 Å². The molecule has 0 saturated heterocycles. The zero-order chi connectivity index (χ0) is 15.6. The van der Waals surface area contributed by atoms with Gasteiger partial charge in [0, 0.05) is 5.92 Å². The van der Waals surface area contributed by atoms with E-state index in [1.54, 1.807) is 19.1 Å². The van der Waals surface area contributed by atoms with E-state index in [1.165, 1.54) is 12.3 Å². The average Bonchev–Trinajstić information content (AvgIpc) is 2.43. The Balaban J connectivity index is 2.35. The quantitative estimate of drug-likeness (QED) is 0.934. The van der Waals surface area contributed by atoms with Crippen molar-refractivity contribution in [2.24, 2.45) is 0 Å². The molecule has 0 spiro atoms. The summed E-state index contributed by atoms with van der Waals surface area (Å²) in [6.07, 6.45) is 1.38. The molecule has 0 fully saturated rings. The Morgan fingerprint density at radius 2 is 2.10 bits per heavy atom. The van der Waals surface area contributed by atoms with E-state index in [0.717, 1.165) is 0 Å². The number of amides is 1. The zero-order valence-electron chi connectivity index (χ0n) is 11.9. The fourth-order valence-corrected chi connectivity index (χ4v) is 1.96. The summed E-state index contributed by atoms with van der Waals surface area (Å²) in [6.45, 7) is 5.53. The van der Waals surface area contributed by atoms with Crippen molar-refractivity contribution in [3.05, 3.63) is 52.3 Å². The van der Waals surface area contributed by atoms with E-state index in [9.17, 15) is 9.18 Å². The van der Waals surface area contributed by atoms with Gasteiger partial charge in [-0.15, -0.1) is 0 Å². The van der Waals surface area contributed by atoms with Crippen LogP contribution in [0.5, 0.6) is 0 Å². The van der Waals surface area contributed by atoms with E-state index >= 15 is 0 Å². The molecule has 0 aliphatic rings. The highest BCUT2D eigenvalue weighted by Crippen LogP contribution is 2.22. The van der Waals surface area contributed by atoms with Crippen molar-refractivity contribution in [2.75, 3.05) is 5.32 Å². The Morgan fingerprint density at radius 1 is 1.38 bits per heavy atom. The molecule has 21 heavy (non-hydrogen) atoms. The number of hydrogen-bond acceptors (Lipinski definition) is 3. The lowest BCUT2D eigenvalue weighted by Crippen LogP contribution is -2.17. The van der Waals surface area contributed by atoms with Crippen molar-refractivity contribution in [3.63, 3.8) is 0 Å². The summed E-state index contributed by atoms with van der Waals surface area (Å²) < 4.78 is 13.8. The van der Waals surface area contributed by atoms with E-state index in [1.807, 2.05) is 13.8 Å². The minimum Gasteiger partial charge on any atom is -0.318 e. The van der Waals surface area contributed by atoms with Gasteiger partial charge in [-0.3, -0.25) is 4.79 Å². The molecule has 2 aromatic rings. The van der Waals surface area contributed by atoms with Gasteiger partial charge in [0.2, 0.25) is 0 Å². The minimum absolute atomic E-state index is 0.0398. The molecule has 1 aromatic carbocycles. The van der Waals surface area contributed by atoms with Crippen molar-refractivity contribution in [2.45, 2.75) is 26.7 Å². The van der Waals surface area contributed by atoms with Crippen molar-refractivity contribution in [3.8, 4) is 0 Å². The number of anilines is 1. The fourth-order valence-electron chi connectivity index (χ4n) is 1.78. The zero-order valence-corrected chi connectivity index (χ0v) is 12.7. The van der Waals surface area contributed by atoms with Crippen LogP contribution in [0.4, 0.5) is 10.1 Å². The number of aromatic nitrogens is 2. The second-order valence-corrected chi connectivity index (χ2v) is 5.37. The number of halogens is 2. The number of aryl methyl sites for hydroxylation is 1. The molecule has 0 aliphatic carbocycles. The SMILES string of the molecule is Cc1cccc(F)c1NC(=O)c1nc(C(C)C)ncc1Cl. The predicted octanol–water partition coefficient (Wildman–Crippen LogP) is 3.95. The van der Waals surface area contributed by atoms with Gasteiger partial charge in [0.15, 0.2) is 5.69 Å². The number of rotatable bonds is 3. The second kappa shape index (κ2) is 6.18. The van der Waals surface area contributed by atoms with Crippen LogP contribution in [-0.4, -0.2) is 15.9 Å². The van der Waals surface area contributed by atoms with E-state index < -0.39 is 11.7 Å². The van der Waals surface area contributed by atoms with Gasteiger partial charge in [-0.1, -0.05) is 37.6 Å². The molecule has 0 atom stereocenters. The highest BCUT2D eigenvalue weighted by Gasteiger charge is 2.17. The fraction of sp³-hybridized carbons (Fsp3) is 0.267. The van der Waals surface area contributed by atoms with Crippen LogP contribution >= 0.6 is 11.6 Å². The number of carbonyl (C=O) groups excluding carboxylic acids is 1. The van der Waals surface area contributed by atoms with Crippen LogP contribution in [0.25, 0.3) is 0 Å². The molecule has 4 nitrogen and oxygen atoms in total. The van der Waals surface area contributed by atoms with Crippen molar-refractivity contribution >= 4 is 23.2 Å². The molecule has 0 radical (unpaired) electrons. The van der Waals surface area contributed by atoms with Gasteiger partial charge in [0.05, 0.1) is 16.9 Å². The van der Waals surface area contributed by atoms with Crippen LogP contribution in [0, 0.1) is 12.7 Å². The first-order chi connectivity index (χ1) is 9.90. The molecule has 0 saturated carbocycles. The molecule has 1 heterocycles. The lowest BCUT2D eigenvalue weighted by molar-refractivity contribution is 0.102. The maximum absolute atomic E-state index is 13.8. The van der Waals surface area contributed by atoms with Crippen LogP contribution in [0.3, 0.4) is 0 Å². The third kappa shape index (κ3) is 3.36. The average molecular weight is 308 g/mol. The number of para-hydroxylation sites is 1. The lowest BCUT2D eigenvalue weighted by Gasteiger charge is -2.11. The first kappa shape index (κ1) is 15.4. The standard InChI is InChI=1S/C15H15ClFN3O/c1-8(2)14-18-7-10(16)13(19-14)15(21)20-12-9(3)5-4-6-11(12)17/h4-8H,1-3H3,(H,20,21). The van der Waals surface area contributed by atoms with Gasteiger partial charge in [0.25, 0.3) is 5.91 Å². The van der Waals surface area contributed by atoms with Gasteiger partial charge < -0.3 is 5.32 Å². The number of benzene rings is 1. The summed E-state index contributed by atoms with van der Waals surface area (Å²) >= 11 is 5.96. The van der Waals surface area contributed by atoms with Crippen LogP contribution in [0.15, 0.2) is 24.4 Å². The molecular formula is C15H15ClFN3O. The van der Waals surface area contributed by atoms with Gasteiger partial charge in [-0.2, -0.15) is 0 Å². The van der Waals surface area contributed by atoms with Crippen LogP contribution < -0.4 is 5.32 Å². The van der Waals surface area contributed by atoms with Crippen LogP contribution in [0.1, 0.15) is 41.6 Å². The molecule has 0 bridgehead atoms. The Morgan fingerprint density at radius 3 is 2.71 bits per heavy atom. The Kier molecular flexibility index (Phi) is 4.53. The summed E-state index contributed by atoms with van der Waals surface area (Å²) in [5.74, 6) is -0.492. The molecule has 2 rings (SSSR count). The van der Waals surface area contributed by atoms with Crippen LogP contribution in [-0.2, 0) is 0 Å². The molecular weight excluding hydrogens is 293 g/mol. The Labute approximate surface area is 127 Å². The summed E-state index contributed by atoms with van der Waals surface area (Å²) in [4.78, 5) is 20.5. The van der Waals surface area contributed by atoms with Gasteiger partial charge in [-0.25, -0.2) is 14.4 Å². The van der Waals surface area contributed by atoms with Crippen LogP contribution in [0.2, 0.25) is 5.02 Å². The molecule has 0 aliphatic heterocycles. The molecule has 0 unspecified atom stereocenters. The summed E-state index contributed by atoms with van der Waals surface area (Å²) in [7, 11) is 0. The maximum Gasteiger partial charge on any atom is 0.276 e. The number of hydrogen-bond donors (Lipinski definition) is 1. The third-order valence-electron chi connectivity index (χ3n) is 2.95. The third-order valence-corrected chi connectivity index (χ3v) is 3.23. The Bertz CT molecular complexity index is 668. The van der Waals surface area contributed by atoms with E-state index in [4.69, 9.17) is 11.6 Å². The number of nitrogens with zero attached hydrogens (tertiary/aromatic N) is 2. The largest absolute Gasteiger partial charge is 0.318 e. The highest BCUT2D eigenvalue weighted by molar-refractivity contribution is 6.33. The van der Waals surface area contributed by atoms with Gasteiger partial charge in [0.1, 0.15) is 11.6 Å². The molecule has 110 valence electrons. The summed E-state index contributed by atoms with van der Waals surface area (Å²) in [5, 5.41) is 2.64. The van der Waals surface area contributed by atoms with Crippen molar-refractivity contribution in [1.82, 2.24) is 9.97 Å². The van der Waals surface area contributed by atoms with E-state index in [0.29, 0.717) is 11.4 Å². The second-order valence-electron chi connectivity index (χ2n) is 4.97. The topological polar surface area (TPSA) is 54.9 Å². The normalized spacial score (nSPS) is 10.8. The molecule has 1 amide bonds. The van der Waals surface area contributed by atoms with E-state index in [-0.39, 0.29) is 22.3 Å². The number of nitrogens with one attached hydrogen (secondary N) is 1. The lowest BCUT2D eigenvalue weighted by atomic mass is 10.2. The monoisotopic (exact) mass is 307 g/mol. The molecule has 6 heteroatoms. The summed E-state index contributed by atoms with van der Waals surface area (Å²) in [5.41, 5.74) is 0.791. The first-order valence-electron chi connectivity index (χ1n) is 6.49. The van der Waals surface area contributed by atoms with Crippen molar-refractivity contribution in [1.29, 1.82) is 0 Å². The number of carbonyl (C=O) groups is 1. The summed E-state index contributed by atoms with van der Waals surface area (Å²) in [6, 6.07) is 4.57. The smallest absolute Gasteiger partial charge is 0.276 e. The van der Waals surface area contributed by atoms with E-state index in [2.05, 4.69) is 15.3 Å². The minimum atomic E-state index is -0.558. The Hall–Kier alpha value is -2.01. The highest BCUT2D eigenvalue weighted by atomic mass is 35.5. The van der Waals surface area contributed by atoms with Crippen molar-refractivity contribution < 1.29 is 9.18 Å². The first-order valence-corrected chi connectivity index (χ1v) is 6.87.